The molecule has 0 aliphatic carbocycles. The monoisotopic (exact) mass is 239 g/mol. The van der Waals surface area contributed by atoms with Gasteiger partial charge in [-0.1, -0.05) is 6.92 Å². The van der Waals surface area contributed by atoms with E-state index in [4.69, 9.17) is 5.11 Å². The first-order chi connectivity index (χ1) is 8.10. The van der Waals surface area contributed by atoms with Gasteiger partial charge in [0, 0.05) is 24.8 Å². The van der Waals surface area contributed by atoms with E-state index in [2.05, 4.69) is 4.98 Å². The number of rotatable bonds is 6. The standard InChI is InChI=1S/C11H17N3O3/c1-3-6-13(7-8-15)11-10(14(16)17)5-4-9(2)12-11/h4-5,15H,3,6-8H2,1-2H3. The molecule has 0 saturated carbocycles. The molecule has 0 bridgehead atoms. The molecular formula is C11H17N3O3. The zero-order valence-electron chi connectivity index (χ0n) is 10.1. The topological polar surface area (TPSA) is 79.5 Å². The molecule has 0 unspecified atom stereocenters. The molecule has 0 aliphatic rings. The average molecular weight is 239 g/mol. The van der Waals surface area contributed by atoms with E-state index in [1.807, 2.05) is 6.92 Å². The fraction of sp³-hybridized carbons (Fsp3) is 0.545. The van der Waals surface area contributed by atoms with Crippen molar-refractivity contribution in [2.75, 3.05) is 24.6 Å². The summed E-state index contributed by atoms with van der Waals surface area (Å²) in [5, 5.41) is 19.9. The van der Waals surface area contributed by atoms with Gasteiger partial charge in [0.2, 0.25) is 5.82 Å². The number of hydrogen-bond acceptors (Lipinski definition) is 5. The maximum Gasteiger partial charge on any atom is 0.311 e. The van der Waals surface area contributed by atoms with Crippen LogP contribution in [-0.2, 0) is 0 Å². The quantitative estimate of drug-likeness (QED) is 0.601. The van der Waals surface area contributed by atoms with Crippen LogP contribution in [0.1, 0.15) is 19.0 Å². The summed E-state index contributed by atoms with van der Waals surface area (Å²) >= 11 is 0. The first-order valence-electron chi connectivity index (χ1n) is 5.58. The van der Waals surface area contributed by atoms with E-state index in [1.165, 1.54) is 6.07 Å². The van der Waals surface area contributed by atoms with Crippen LogP contribution in [0.3, 0.4) is 0 Å². The maximum absolute atomic E-state index is 10.9. The molecule has 0 atom stereocenters. The van der Waals surface area contributed by atoms with Crippen LogP contribution in [0.15, 0.2) is 12.1 Å². The molecule has 1 heterocycles. The Balaban J connectivity index is 3.14. The van der Waals surface area contributed by atoms with Gasteiger partial charge in [-0.3, -0.25) is 10.1 Å². The minimum atomic E-state index is -0.443. The highest BCUT2D eigenvalue weighted by atomic mass is 16.6. The van der Waals surface area contributed by atoms with Gasteiger partial charge in [0.25, 0.3) is 0 Å². The lowest BCUT2D eigenvalue weighted by Gasteiger charge is -2.21. The Morgan fingerprint density at radius 1 is 1.47 bits per heavy atom. The maximum atomic E-state index is 10.9. The summed E-state index contributed by atoms with van der Waals surface area (Å²) in [4.78, 5) is 16.4. The van der Waals surface area contributed by atoms with Crippen LogP contribution in [0.2, 0.25) is 0 Å². The lowest BCUT2D eigenvalue weighted by atomic mass is 10.3. The Labute approximate surface area is 100 Å². The van der Waals surface area contributed by atoms with Gasteiger partial charge in [0.05, 0.1) is 11.5 Å². The number of pyridine rings is 1. The lowest BCUT2D eigenvalue weighted by molar-refractivity contribution is -0.384. The van der Waals surface area contributed by atoms with Crippen molar-refractivity contribution in [1.29, 1.82) is 0 Å². The summed E-state index contributed by atoms with van der Waals surface area (Å²) in [5.74, 6) is 0.339. The second-order valence-electron chi connectivity index (χ2n) is 3.76. The number of aliphatic hydroxyl groups is 1. The van der Waals surface area contributed by atoms with Crippen LogP contribution < -0.4 is 4.90 Å². The molecule has 0 saturated heterocycles. The molecule has 94 valence electrons. The van der Waals surface area contributed by atoms with Gasteiger partial charge in [-0.05, 0) is 19.4 Å². The lowest BCUT2D eigenvalue weighted by Crippen LogP contribution is -2.29. The predicted molar refractivity (Wildman–Crippen MR) is 65.2 cm³/mol. The number of aryl methyl sites for hydroxylation is 1. The van der Waals surface area contributed by atoms with Crippen molar-refractivity contribution in [3.63, 3.8) is 0 Å². The van der Waals surface area contributed by atoms with E-state index < -0.39 is 4.92 Å². The minimum absolute atomic E-state index is 0.0162. The normalized spacial score (nSPS) is 10.3. The molecule has 0 amide bonds. The fourth-order valence-electron chi connectivity index (χ4n) is 1.63. The molecular weight excluding hydrogens is 222 g/mol. The molecule has 17 heavy (non-hydrogen) atoms. The van der Waals surface area contributed by atoms with E-state index in [9.17, 15) is 10.1 Å². The zero-order valence-corrected chi connectivity index (χ0v) is 10.1. The third-order valence-electron chi connectivity index (χ3n) is 2.35. The highest BCUT2D eigenvalue weighted by Crippen LogP contribution is 2.25. The van der Waals surface area contributed by atoms with E-state index in [0.29, 0.717) is 18.9 Å². The number of nitro groups is 1. The first kappa shape index (κ1) is 13.4. The molecule has 6 nitrogen and oxygen atoms in total. The number of anilines is 1. The van der Waals surface area contributed by atoms with Gasteiger partial charge in [0.1, 0.15) is 0 Å². The molecule has 0 spiro atoms. The smallest absolute Gasteiger partial charge is 0.311 e. The SMILES string of the molecule is CCCN(CCO)c1nc(C)ccc1[N+](=O)[O-]. The number of aromatic nitrogens is 1. The van der Waals surface area contributed by atoms with Crippen molar-refractivity contribution < 1.29 is 10.0 Å². The summed E-state index contributed by atoms with van der Waals surface area (Å²) in [6.07, 6.45) is 0.840. The van der Waals surface area contributed by atoms with Gasteiger partial charge < -0.3 is 10.0 Å². The van der Waals surface area contributed by atoms with Crippen molar-refractivity contribution in [1.82, 2.24) is 4.98 Å². The third-order valence-corrected chi connectivity index (χ3v) is 2.35. The number of nitrogens with zero attached hydrogens (tertiary/aromatic N) is 3. The third kappa shape index (κ3) is 3.39. The highest BCUT2D eigenvalue weighted by Gasteiger charge is 2.20. The van der Waals surface area contributed by atoms with E-state index in [1.54, 1.807) is 17.9 Å². The fourth-order valence-corrected chi connectivity index (χ4v) is 1.63. The summed E-state index contributed by atoms with van der Waals surface area (Å²) < 4.78 is 0. The minimum Gasteiger partial charge on any atom is -0.395 e. The Kier molecular flexibility index (Phi) is 4.84. The summed E-state index contributed by atoms with van der Waals surface area (Å²) in [6, 6.07) is 3.07. The van der Waals surface area contributed by atoms with Gasteiger partial charge in [0.15, 0.2) is 0 Å². The molecule has 1 rings (SSSR count). The molecule has 0 fully saturated rings. The second kappa shape index (κ2) is 6.15. The highest BCUT2D eigenvalue weighted by molar-refractivity contribution is 5.58. The second-order valence-corrected chi connectivity index (χ2v) is 3.76. The van der Waals surface area contributed by atoms with Gasteiger partial charge in [-0.15, -0.1) is 0 Å². The molecule has 0 aromatic carbocycles. The van der Waals surface area contributed by atoms with Crippen LogP contribution in [-0.4, -0.2) is 34.7 Å². The summed E-state index contributed by atoms with van der Waals surface area (Å²) in [5.41, 5.74) is 0.710. The van der Waals surface area contributed by atoms with Crippen LogP contribution >= 0.6 is 0 Å². The molecule has 6 heteroatoms. The zero-order chi connectivity index (χ0) is 12.8. The number of aliphatic hydroxyl groups excluding tert-OH is 1. The van der Waals surface area contributed by atoms with E-state index in [-0.39, 0.29) is 12.3 Å². The Morgan fingerprint density at radius 2 is 2.18 bits per heavy atom. The molecule has 1 aromatic heterocycles. The van der Waals surface area contributed by atoms with Crippen LogP contribution in [0, 0.1) is 17.0 Å². The van der Waals surface area contributed by atoms with Crippen LogP contribution in [0.4, 0.5) is 11.5 Å². The van der Waals surface area contributed by atoms with Crippen molar-refractivity contribution in [3.8, 4) is 0 Å². The Morgan fingerprint density at radius 3 is 2.71 bits per heavy atom. The molecule has 0 radical (unpaired) electrons. The van der Waals surface area contributed by atoms with Crippen molar-refractivity contribution in [2.24, 2.45) is 0 Å². The average Bonchev–Trinajstić information content (AvgIpc) is 2.28. The number of hydrogen-bond donors (Lipinski definition) is 1. The van der Waals surface area contributed by atoms with Crippen LogP contribution in [0.25, 0.3) is 0 Å². The molecule has 1 N–H and O–H groups in total. The summed E-state index contributed by atoms with van der Waals surface area (Å²) in [6.45, 7) is 4.71. The molecule has 1 aromatic rings. The van der Waals surface area contributed by atoms with Crippen molar-refractivity contribution >= 4 is 11.5 Å². The van der Waals surface area contributed by atoms with Gasteiger partial charge in [-0.2, -0.15) is 0 Å². The van der Waals surface area contributed by atoms with E-state index >= 15 is 0 Å². The van der Waals surface area contributed by atoms with Crippen molar-refractivity contribution in [3.05, 3.63) is 27.9 Å². The Bertz CT molecular complexity index is 390. The van der Waals surface area contributed by atoms with E-state index in [0.717, 1.165) is 12.1 Å². The summed E-state index contributed by atoms with van der Waals surface area (Å²) in [7, 11) is 0. The Hall–Kier alpha value is -1.69. The predicted octanol–water partition coefficient (Wildman–Crippen LogP) is 1.51. The van der Waals surface area contributed by atoms with Gasteiger partial charge >= 0.3 is 5.69 Å². The van der Waals surface area contributed by atoms with Crippen LogP contribution in [0.5, 0.6) is 0 Å². The van der Waals surface area contributed by atoms with Gasteiger partial charge in [-0.25, -0.2) is 4.98 Å². The molecule has 0 aliphatic heterocycles. The van der Waals surface area contributed by atoms with Crippen molar-refractivity contribution in [2.45, 2.75) is 20.3 Å². The largest absolute Gasteiger partial charge is 0.395 e. The first-order valence-corrected chi connectivity index (χ1v) is 5.58.